The summed E-state index contributed by atoms with van der Waals surface area (Å²) in [5, 5.41) is 0. The first-order valence-corrected chi connectivity index (χ1v) is 13.5. The second-order valence-electron chi connectivity index (χ2n) is 9.92. The summed E-state index contributed by atoms with van der Waals surface area (Å²) in [7, 11) is 0. The van der Waals surface area contributed by atoms with Crippen molar-refractivity contribution in [3.05, 3.63) is 59.7 Å². The van der Waals surface area contributed by atoms with Gasteiger partial charge in [-0.15, -0.1) is 0 Å². The third-order valence-electron chi connectivity index (χ3n) is 7.22. The van der Waals surface area contributed by atoms with E-state index in [0.29, 0.717) is 5.92 Å². The molecule has 0 radical (unpaired) electrons. The molecule has 0 unspecified atom stereocenters. The fraction of sp³-hybridized carbons (Fsp3) is 0.562. The number of benzene rings is 2. The Kier molecular flexibility index (Phi) is 10.9. The number of unbranched alkanes of at least 4 members (excludes halogenated alkanes) is 6. The summed E-state index contributed by atoms with van der Waals surface area (Å²) in [5.74, 6) is 8.61. The lowest BCUT2D eigenvalue weighted by atomic mass is 9.80. The predicted molar refractivity (Wildman–Crippen MR) is 141 cm³/mol. The van der Waals surface area contributed by atoms with E-state index in [4.69, 9.17) is 0 Å². The molecule has 0 aliphatic heterocycles. The third kappa shape index (κ3) is 8.50. The summed E-state index contributed by atoms with van der Waals surface area (Å²) >= 11 is 0. The maximum atomic E-state index is 3.58. The van der Waals surface area contributed by atoms with Gasteiger partial charge in [-0.05, 0) is 73.3 Å². The Morgan fingerprint density at radius 1 is 0.656 bits per heavy atom. The second kappa shape index (κ2) is 14.2. The van der Waals surface area contributed by atoms with Gasteiger partial charge >= 0.3 is 0 Å². The summed E-state index contributed by atoms with van der Waals surface area (Å²) in [6.07, 6.45) is 19.0. The van der Waals surface area contributed by atoms with Gasteiger partial charge in [-0.25, -0.2) is 0 Å². The van der Waals surface area contributed by atoms with E-state index in [0.717, 1.165) is 11.5 Å². The number of hydrogen-bond acceptors (Lipinski definition) is 0. The molecule has 1 fully saturated rings. The Morgan fingerprint density at radius 2 is 1.25 bits per heavy atom. The minimum atomic E-state index is 0.603. The molecule has 0 N–H and O–H groups in total. The maximum absolute atomic E-state index is 3.58. The molecular weight excluding hydrogens is 384 g/mol. The third-order valence-corrected chi connectivity index (χ3v) is 7.22. The van der Waals surface area contributed by atoms with Crippen LogP contribution >= 0.6 is 0 Å². The highest BCUT2D eigenvalue weighted by molar-refractivity contribution is 5.64. The van der Waals surface area contributed by atoms with Gasteiger partial charge in [-0.3, -0.25) is 0 Å². The van der Waals surface area contributed by atoms with Gasteiger partial charge in [-0.1, -0.05) is 113 Å². The fourth-order valence-electron chi connectivity index (χ4n) is 5.01. The lowest BCUT2D eigenvalue weighted by Gasteiger charge is -2.25. The van der Waals surface area contributed by atoms with Crippen LogP contribution in [-0.4, -0.2) is 0 Å². The molecule has 2 aromatic rings. The van der Waals surface area contributed by atoms with Gasteiger partial charge in [0.15, 0.2) is 0 Å². The molecule has 0 atom stereocenters. The minimum absolute atomic E-state index is 0.603. The fourth-order valence-corrected chi connectivity index (χ4v) is 5.01. The van der Waals surface area contributed by atoms with Gasteiger partial charge in [0.25, 0.3) is 0 Å². The lowest BCUT2D eigenvalue weighted by molar-refractivity contribution is 0.294. The number of aryl methyl sites for hydroxylation is 1. The average Bonchev–Trinajstić information content (AvgIpc) is 2.84. The Hall–Kier alpha value is -2.00. The van der Waals surface area contributed by atoms with Crippen molar-refractivity contribution in [2.75, 3.05) is 0 Å². The molecule has 0 saturated heterocycles. The normalized spacial score (nSPS) is 18.2. The van der Waals surface area contributed by atoms with Crippen LogP contribution in [0.5, 0.6) is 0 Å². The van der Waals surface area contributed by atoms with Crippen molar-refractivity contribution in [3.63, 3.8) is 0 Å². The number of hydrogen-bond donors (Lipinski definition) is 0. The summed E-state index contributed by atoms with van der Waals surface area (Å²) in [4.78, 5) is 0. The van der Waals surface area contributed by atoms with Gasteiger partial charge in [0.1, 0.15) is 0 Å². The monoisotopic (exact) mass is 428 g/mol. The SMILES string of the molecule is CCCCCCC[C@H]1CC[C@H](C#Cc2ccc(-c3ccc(CCCCC)cc3)cc2)CC1. The Balaban J connectivity index is 1.43. The first-order valence-electron chi connectivity index (χ1n) is 13.5. The van der Waals surface area contributed by atoms with Crippen LogP contribution in [0.25, 0.3) is 11.1 Å². The van der Waals surface area contributed by atoms with Crippen molar-refractivity contribution < 1.29 is 0 Å². The quantitative estimate of drug-likeness (QED) is 0.247. The van der Waals surface area contributed by atoms with Crippen LogP contribution in [0.2, 0.25) is 0 Å². The Bertz CT molecular complexity index is 807. The van der Waals surface area contributed by atoms with Crippen LogP contribution in [0.3, 0.4) is 0 Å². The highest BCUT2D eigenvalue weighted by atomic mass is 14.2. The van der Waals surface area contributed by atoms with Crippen LogP contribution in [0.15, 0.2) is 48.5 Å². The molecule has 32 heavy (non-hydrogen) atoms. The van der Waals surface area contributed by atoms with Gasteiger partial charge in [-0.2, -0.15) is 0 Å². The summed E-state index contributed by atoms with van der Waals surface area (Å²) in [5.41, 5.74) is 5.20. The van der Waals surface area contributed by atoms with Gasteiger partial charge in [0, 0.05) is 11.5 Å². The van der Waals surface area contributed by atoms with Crippen molar-refractivity contribution in [2.45, 2.75) is 104 Å². The van der Waals surface area contributed by atoms with E-state index in [1.807, 2.05) is 0 Å². The predicted octanol–water partition coefficient (Wildman–Crippen LogP) is 9.60. The highest BCUT2D eigenvalue weighted by Gasteiger charge is 2.19. The van der Waals surface area contributed by atoms with Gasteiger partial charge in [0.2, 0.25) is 0 Å². The van der Waals surface area contributed by atoms with Crippen molar-refractivity contribution in [1.82, 2.24) is 0 Å². The van der Waals surface area contributed by atoms with E-state index in [9.17, 15) is 0 Å². The van der Waals surface area contributed by atoms with Gasteiger partial charge < -0.3 is 0 Å². The zero-order valence-electron chi connectivity index (χ0n) is 20.7. The lowest BCUT2D eigenvalue weighted by Crippen LogP contribution is -2.13. The zero-order chi connectivity index (χ0) is 22.4. The molecule has 0 spiro atoms. The molecule has 0 nitrogen and oxygen atoms in total. The largest absolute Gasteiger partial charge is 0.0945 e. The second-order valence-corrected chi connectivity index (χ2v) is 9.92. The van der Waals surface area contributed by atoms with Crippen molar-refractivity contribution in [3.8, 4) is 23.0 Å². The molecule has 0 heteroatoms. The molecule has 0 aromatic heterocycles. The van der Waals surface area contributed by atoms with Crippen LogP contribution in [0.1, 0.15) is 108 Å². The van der Waals surface area contributed by atoms with Crippen LogP contribution < -0.4 is 0 Å². The molecule has 0 amide bonds. The van der Waals surface area contributed by atoms with Crippen molar-refractivity contribution in [2.24, 2.45) is 11.8 Å². The molecule has 2 aromatic carbocycles. The Morgan fingerprint density at radius 3 is 1.91 bits per heavy atom. The first kappa shape index (κ1) is 24.6. The molecule has 0 heterocycles. The smallest absolute Gasteiger partial charge is 0.0245 e. The topological polar surface area (TPSA) is 0 Å². The highest BCUT2D eigenvalue weighted by Crippen LogP contribution is 2.32. The molecule has 1 aliphatic carbocycles. The van der Waals surface area contributed by atoms with Gasteiger partial charge in [0.05, 0.1) is 0 Å². The molecular formula is C32H44. The molecule has 0 bridgehead atoms. The van der Waals surface area contributed by atoms with Crippen molar-refractivity contribution >= 4 is 0 Å². The summed E-state index contributed by atoms with van der Waals surface area (Å²) < 4.78 is 0. The van der Waals surface area contributed by atoms with E-state index in [1.165, 1.54) is 107 Å². The minimum Gasteiger partial charge on any atom is -0.0945 e. The number of rotatable bonds is 11. The molecule has 1 saturated carbocycles. The Labute approximate surface area is 198 Å². The van der Waals surface area contributed by atoms with E-state index in [1.54, 1.807) is 0 Å². The van der Waals surface area contributed by atoms with Crippen molar-refractivity contribution in [1.29, 1.82) is 0 Å². The molecule has 1 aliphatic rings. The zero-order valence-corrected chi connectivity index (χ0v) is 20.7. The molecule has 172 valence electrons. The summed E-state index contributed by atoms with van der Waals surface area (Å²) in [6.45, 7) is 4.56. The van der Waals surface area contributed by atoms with Crippen LogP contribution in [0.4, 0.5) is 0 Å². The van der Waals surface area contributed by atoms with Crippen LogP contribution in [0, 0.1) is 23.7 Å². The molecule has 3 rings (SSSR count). The first-order chi connectivity index (χ1) is 15.8. The summed E-state index contributed by atoms with van der Waals surface area (Å²) in [6, 6.07) is 18.0. The maximum Gasteiger partial charge on any atom is 0.0245 e. The van der Waals surface area contributed by atoms with E-state index in [2.05, 4.69) is 74.2 Å². The van der Waals surface area contributed by atoms with E-state index in [-0.39, 0.29) is 0 Å². The van der Waals surface area contributed by atoms with E-state index >= 15 is 0 Å². The standard InChI is InChI=1S/C32H44/c1-3-5-7-8-10-12-27-13-15-29(16-14-27)17-18-30-21-25-32(26-22-30)31-23-19-28(20-24-31)11-9-6-4-2/h19-27,29H,3-16H2,1-2H3/t27-,29-. The van der Waals surface area contributed by atoms with Crippen LogP contribution in [-0.2, 0) is 6.42 Å². The average molecular weight is 429 g/mol. The van der Waals surface area contributed by atoms with E-state index < -0.39 is 0 Å².